The van der Waals surface area contributed by atoms with Crippen molar-refractivity contribution in [3.63, 3.8) is 0 Å². The van der Waals surface area contributed by atoms with Gasteiger partial charge in [0.05, 0.1) is 11.4 Å². The fraction of sp³-hybridized carbons (Fsp3) is 0.357. The third kappa shape index (κ3) is 2.49. The van der Waals surface area contributed by atoms with E-state index in [2.05, 4.69) is 30.2 Å². The number of fused-ring (bicyclic) bond motifs is 1. The summed E-state index contributed by atoms with van der Waals surface area (Å²) in [6.07, 6.45) is 4.78. The lowest BCUT2D eigenvalue weighted by Gasteiger charge is -2.14. The zero-order valence-electron chi connectivity index (χ0n) is 10.4. The van der Waals surface area contributed by atoms with Crippen molar-refractivity contribution < 1.29 is 0 Å². The lowest BCUT2D eigenvalue weighted by Crippen LogP contribution is -2.11. The molecular weight excluding hydrogens is 210 g/mol. The second kappa shape index (κ2) is 5.04. The number of pyridine rings is 1. The molecule has 3 N–H and O–H groups in total. The molecule has 0 saturated carbocycles. The Kier molecular flexibility index (Phi) is 3.47. The smallest absolute Gasteiger partial charge is 0.0630 e. The van der Waals surface area contributed by atoms with Gasteiger partial charge in [-0.25, -0.2) is 0 Å². The molecule has 3 heteroatoms. The first-order chi connectivity index (χ1) is 8.22. The second-order valence-corrected chi connectivity index (χ2v) is 4.52. The van der Waals surface area contributed by atoms with Crippen LogP contribution >= 0.6 is 0 Å². The number of aromatic nitrogens is 1. The Morgan fingerprint density at radius 1 is 1.35 bits per heavy atom. The van der Waals surface area contributed by atoms with Crippen LogP contribution in [0.2, 0.25) is 0 Å². The molecule has 0 aliphatic carbocycles. The molecule has 2 aromatic rings. The van der Waals surface area contributed by atoms with Crippen LogP contribution in [0.3, 0.4) is 0 Å². The Balaban J connectivity index is 2.26. The number of nitrogen functional groups attached to an aromatic ring is 1. The molecule has 0 bridgehead atoms. The first kappa shape index (κ1) is 11.7. The maximum Gasteiger partial charge on any atom is 0.0630 e. The van der Waals surface area contributed by atoms with Gasteiger partial charge in [0.2, 0.25) is 0 Å². The zero-order valence-corrected chi connectivity index (χ0v) is 10.4. The average molecular weight is 229 g/mol. The van der Waals surface area contributed by atoms with Crippen molar-refractivity contribution in [1.82, 2.24) is 4.98 Å². The van der Waals surface area contributed by atoms with Crippen LogP contribution in [0.1, 0.15) is 20.3 Å². The number of nitrogens with two attached hydrogens (primary N) is 1. The molecule has 0 fully saturated rings. The predicted molar refractivity (Wildman–Crippen MR) is 74.1 cm³/mol. The van der Waals surface area contributed by atoms with Crippen LogP contribution in [0.4, 0.5) is 11.4 Å². The highest BCUT2D eigenvalue weighted by atomic mass is 14.9. The van der Waals surface area contributed by atoms with Crippen molar-refractivity contribution in [3.8, 4) is 0 Å². The highest BCUT2D eigenvalue weighted by Gasteiger charge is 2.05. The Hall–Kier alpha value is -1.77. The van der Waals surface area contributed by atoms with Crippen LogP contribution in [0, 0.1) is 5.92 Å². The molecule has 1 aromatic carbocycles. The van der Waals surface area contributed by atoms with E-state index >= 15 is 0 Å². The Morgan fingerprint density at radius 3 is 2.94 bits per heavy atom. The summed E-state index contributed by atoms with van der Waals surface area (Å²) in [5.74, 6) is 0.655. The molecule has 0 radical (unpaired) electrons. The van der Waals surface area contributed by atoms with Gasteiger partial charge in [0.15, 0.2) is 0 Å². The van der Waals surface area contributed by atoms with Crippen molar-refractivity contribution in [1.29, 1.82) is 0 Å². The molecule has 90 valence electrons. The van der Waals surface area contributed by atoms with E-state index in [9.17, 15) is 0 Å². The SMILES string of the molecule is CCC(C)CNc1ccc2cnccc2c1N. The number of anilines is 2. The van der Waals surface area contributed by atoms with E-state index in [1.54, 1.807) is 6.20 Å². The van der Waals surface area contributed by atoms with Crippen molar-refractivity contribution in [2.45, 2.75) is 20.3 Å². The number of hydrogen-bond donors (Lipinski definition) is 2. The molecule has 0 aliphatic rings. The summed E-state index contributed by atoms with van der Waals surface area (Å²) in [6, 6.07) is 6.04. The second-order valence-electron chi connectivity index (χ2n) is 4.52. The van der Waals surface area contributed by atoms with Crippen molar-refractivity contribution >= 4 is 22.1 Å². The summed E-state index contributed by atoms with van der Waals surface area (Å²) in [5.41, 5.74) is 7.99. The van der Waals surface area contributed by atoms with Crippen LogP contribution in [-0.4, -0.2) is 11.5 Å². The van der Waals surface area contributed by atoms with Gasteiger partial charge in [-0.15, -0.1) is 0 Å². The van der Waals surface area contributed by atoms with E-state index < -0.39 is 0 Å². The third-order valence-electron chi connectivity index (χ3n) is 3.20. The topological polar surface area (TPSA) is 50.9 Å². The van der Waals surface area contributed by atoms with Gasteiger partial charge >= 0.3 is 0 Å². The van der Waals surface area contributed by atoms with E-state index in [0.717, 1.165) is 28.7 Å². The minimum absolute atomic E-state index is 0.655. The number of hydrogen-bond acceptors (Lipinski definition) is 3. The summed E-state index contributed by atoms with van der Waals surface area (Å²) >= 11 is 0. The number of rotatable bonds is 4. The van der Waals surface area contributed by atoms with Gasteiger partial charge in [0.1, 0.15) is 0 Å². The standard InChI is InChI=1S/C14H19N3/c1-3-10(2)8-17-13-5-4-11-9-16-7-6-12(11)14(13)15/h4-7,9-10,17H,3,8,15H2,1-2H3. The monoisotopic (exact) mass is 229 g/mol. The van der Waals surface area contributed by atoms with E-state index in [-0.39, 0.29) is 0 Å². The first-order valence-electron chi connectivity index (χ1n) is 6.08. The maximum absolute atomic E-state index is 6.16. The molecule has 1 unspecified atom stereocenters. The van der Waals surface area contributed by atoms with Gasteiger partial charge in [0, 0.05) is 29.7 Å². The molecule has 17 heavy (non-hydrogen) atoms. The highest BCUT2D eigenvalue weighted by molar-refractivity contribution is 5.98. The lowest BCUT2D eigenvalue weighted by molar-refractivity contribution is 0.593. The van der Waals surface area contributed by atoms with Crippen LogP contribution in [0.5, 0.6) is 0 Å². The van der Waals surface area contributed by atoms with Crippen molar-refractivity contribution in [3.05, 3.63) is 30.6 Å². The number of benzene rings is 1. The molecule has 1 heterocycles. The fourth-order valence-electron chi connectivity index (χ4n) is 1.78. The summed E-state index contributed by atoms with van der Waals surface area (Å²) in [7, 11) is 0. The largest absolute Gasteiger partial charge is 0.397 e. The van der Waals surface area contributed by atoms with E-state index in [0.29, 0.717) is 5.92 Å². The van der Waals surface area contributed by atoms with Crippen LogP contribution in [0.25, 0.3) is 10.8 Å². The zero-order chi connectivity index (χ0) is 12.3. The number of nitrogens with zero attached hydrogens (tertiary/aromatic N) is 1. The molecular formula is C14H19N3. The summed E-state index contributed by atoms with van der Waals surface area (Å²) in [5, 5.41) is 5.56. The minimum atomic E-state index is 0.655. The van der Waals surface area contributed by atoms with Gasteiger partial charge in [0.25, 0.3) is 0 Å². The molecule has 1 atom stereocenters. The van der Waals surface area contributed by atoms with E-state index in [1.165, 1.54) is 6.42 Å². The molecule has 3 nitrogen and oxygen atoms in total. The fourth-order valence-corrected chi connectivity index (χ4v) is 1.78. The van der Waals surface area contributed by atoms with E-state index in [4.69, 9.17) is 5.73 Å². The normalized spacial score (nSPS) is 12.6. The van der Waals surface area contributed by atoms with Crippen molar-refractivity contribution in [2.75, 3.05) is 17.6 Å². The van der Waals surface area contributed by atoms with Crippen LogP contribution < -0.4 is 11.1 Å². The first-order valence-corrected chi connectivity index (χ1v) is 6.08. The molecule has 0 aliphatic heterocycles. The Bertz CT molecular complexity index is 508. The van der Waals surface area contributed by atoms with Gasteiger partial charge in [-0.2, -0.15) is 0 Å². The summed E-state index contributed by atoms with van der Waals surface area (Å²) in [4.78, 5) is 4.10. The van der Waals surface area contributed by atoms with Crippen molar-refractivity contribution in [2.24, 2.45) is 5.92 Å². The maximum atomic E-state index is 6.16. The molecule has 0 amide bonds. The summed E-state index contributed by atoms with van der Waals surface area (Å²) < 4.78 is 0. The van der Waals surface area contributed by atoms with Crippen LogP contribution in [0.15, 0.2) is 30.6 Å². The molecule has 0 saturated heterocycles. The van der Waals surface area contributed by atoms with Gasteiger partial charge in [-0.1, -0.05) is 26.3 Å². The lowest BCUT2D eigenvalue weighted by atomic mass is 10.1. The predicted octanol–water partition coefficient (Wildman–Crippen LogP) is 3.28. The quantitative estimate of drug-likeness (QED) is 0.791. The summed E-state index contributed by atoms with van der Waals surface area (Å²) in [6.45, 7) is 5.38. The molecule has 0 spiro atoms. The average Bonchev–Trinajstić information content (AvgIpc) is 2.38. The minimum Gasteiger partial charge on any atom is -0.397 e. The van der Waals surface area contributed by atoms with Gasteiger partial charge < -0.3 is 11.1 Å². The Morgan fingerprint density at radius 2 is 2.18 bits per heavy atom. The van der Waals surface area contributed by atoms with Gasteiger partial charge in [-0.05, 0) is 18.1 Å². The Labute approximate surface area is 102 Å². The third-order valence-corrected chi connectivity index (χ3v) is 3.20. The molecule has 2 rings (SSSR count). The number of nitrogens with one attached hydrogen (secondary N) is 1. The van der Waals surface area contributed by atoms with Crippen LogP contribution in [-0.2, 0) is 0 Å². The molecule has 1 aromatic heterocycles. The van der Waals surface area contributed by atoms with Gasteiger partial charge in [-0.3, -0.25) is 4.98 Å². The van der Waals surface area contributed by atoms with E-state index in [1.807, 2.05) is 18.3 Å². The highest BCUT2D eigenvalue weighted by Crippen LogP contribution is 2.28.